The third kappa shape index (κ3) is 3.65. The molecule has 1 rings (SSSR count). The molecule has 0 unspecified atom stereocenters. The van der Waals surface area contributed by atoms with Gasteiger partial charge in [0.2, 0.25) is 0 Å². The van der Waals surface area contributed by atoms with Crippen molar-refractivity contribution < 1.29 is 4.74 Å². The number of unbranched alkanes of at least 4 members (excludes halogenated alkanes) is 1. The molecule has 0 fully saturated rings. The Labute approximate surface area is 98.2 Å². The van der Waals surface area contributed by atoms with Gasteiger partial charge in [0.1, 0.15) is 5.75 Å². The van der Waals surface area contributed by atoms with Crippen LogP contribution < -0.4 is 15.4 Å². The van der Waals surface area contributed by atoms with Crippen LogP contribution in [0.1, 0.15) is 26.7 Å². The van der Waals surface area contributed by atoms with Crippen LogP contribution in [0.3, 0.4) is 0 Å². The van der Waals surface area contributed by atoms with Crippen molar-refractivity contribution in [3.8, 4) is 5.75 Å². The predicted molar refractivity (Wildman–Crippen MR) is 70.2 cm³/mol. The molecular formula is C13H22N2O. The van der Waals surface area contributed by atoms with Crippen LogP contribution >= 0.6 is 0 Å². The van der Waals surface area contributed by atoms with Crippen LogP contribution in [-0.4, -0.2) is 20.2 Å². The molecule has 3 heteroatoms. The number of ether oxygens (including phenoxy) is 1. The lowest BCUT2D eigenvalue weighted by atomic mass is 10.2. The first kappa shape index (κ1) is 12.7. The molecule has 90 valence electrons. The second kappa shape index (κ2) is 6.26. The van der Waals surface area contributed by atoms with Crippen molar-refractivity contribution >= 4 is 11.4 Å². The monoisotopic (exact) mass is 222 g/mol. The maximum Gasteiger partial charge on any atom is 0.123 e. The quantitative estimate of drug-likeness (QED) is 0.752. The Morgan fingerprint density at radius 3 is 2.62 bits per heavy atom. The molecule has 1 aromatic carbocycles. The summed E-state index contributed by atoms with van der Waals surface area (Å²) in [6.07, 6.45) is 2.39. The second-order valence-corrected chi connectivity index (χ2v) is 3.97. The standard InChI is InChI=1S/C13H22N2O/c1-4-6-7-15(3)12-8-11(14)9-13(10-12)16-5-2/h8-10H,4-7,14H2,1-3H3. The van der Waals surface area contributed by atoms with E-state index in [1.165, 1.54) is 12.8 Å². The zero-order valence-corrected chi connectivity index (χ0v) is 10.5. The third-order valence-corrected chi connectivity index (χ3v) is 2.51. The largest absolute Gasteiger partial charge is 0.494 e. The molecule has 3 nitrogen and oxygen atoms in total. The number of nitrogens with zero attached hydrogens (tertiary/aromatic N) is 1. The smallest absolute Gasteiger partial charge is 0.123 e. The van der Waals surface area contributed by atoms with Gasteiger partial charge in [-0.15, -0.1) is 0 Å². The van der Waals surface area contributed by atoms with Gasteiger partial charge >= 0.3 is 0 Å². The van der Waals surface area contributed by atoms with E-state index in [1.807, 2.05) is 25.1 Å². The van der Waals surface area contributed by atoms with E-state index in [9.17, 15) is 0 Å². The van der Waals surface area contributed by atoms with E-state index in [-0.39, 0.29) is 0 Å². The molecule has 2 N–H and O–H groups in total. The van der Waals surface area contributed by atoms with Gasteiger partial charge in [-0.3, -0.25) is 0 Å². The average molecular weight is 222 g/mol. The molecule has 0 amide bonds. The van der Waals surface area contributed by atoms with E-state index in [2.05, 4.69) is 18.9 Å². The fourth-order valence-electron chi connectivity index (χ4n) is 1.60. The molecule has 0 aliphatic heterocycles. The summed E-state index contributed by atoms with van der Waals surface area (Å²) in [5.74, 6) is 0.848. The molecule has 0 radical (unpaired) electrons. The molecular weight excluding hydrogens is 200 g/mol. The summed E-state index contributed by atoms with van der Waals surface area (Å²) in [7, 11) is 2.08. The van der Waals surface area contributed by atoms with Gasteiger partial charge in [0.25, 0.3) is 0 Å². The van der Waals surface area contributed by atoms with Crippen molar-refractivity contribution in [2.45, 2.75) is 26.7 Å². The molecule has 0 atom stereocenters. The van der Waals surface area contributed by atoms with Gasteiger partial charge in [0.15, 0.2) is 0 Å². The Hall–Kier alpha value is -1.38. The molecule has 0 spiro atoms. The predicted octanol–water partition coefficient (Wildman–Crippen LogP) is 2.90. The minimum absolute atomic E-state index is 0.668. The molecule has 0 heterocycles. The van der Waals surface area contributed by atoms with Gasteiger partial charge in [-0.1, -0.05) is 13.3 Å². The summed E-state index contributed by atoms with van der Waals surface area (Å²) in [5, 5.41) is 0. The maximum atomic E-state index is 5.85. The molecule has 0 aliphatic carbocycles. The second-order valence-electron chi connectivity index (χ2n) is 3.97. The summed E-state index contributed by atoms with van der Waals surface area (Å²) >= 11 is 0. The number of anilines is 2. The Balaban J connectivity index is 2.78. The van der Waals surface area contributed by atoms with Gasteiger partial charge < -0.3 is 15.4 Å². The van der Waals surface area contributed by atoms with E-state index in [1.54, 1.807) is 0 Å². The van der Waals surface area contributed by atoms with Gasteiger partial charge in [-0.25, -0.2) is 0 Å². The molecule has 1 aromatic rings. The first-order chi connectivity index (χ1) is 7.67. The summed E-state index contributed by atoms with van der Waals surface area (Å²) in [6.45, 7) is 5.88. The first-order valence-electron chi connectivity index (χ1n) is 5.91. The van der Waals surface area contributed by atoms with Crippen LogP contribution in [0, 0.1) is 0 Å². The minimum Gasteiger partial charge on any atom is -0.494 e. The highest BCUT2D eigenvalue weighted by molar-refractivity contribution is 5.60. The third-order valence-electron chi connectivity index (χ3n) is 2.51. The SMILES string of the molecule is CCCCN(C)c1cc(N)cc(OCC)c1. The number of rotatable bonds is 6. The summed E-state index contributed by atoms with van der Waals surface area (Å²) in [4.78, 5) is 2.21. The van der Waals surface area contributed by atoms with Crippen molar-refractivity contribution in [2.24, 2.45) is 0 Å². The summed E-state index contributed by atoms with van der Waals surface area (Å²) in [5.41, 5.74) is 7.73. The molecule has 0 saturated heterocycles. The first-order valence-corrected chi connectivity index (χ1v) is 5.91. The normalized spacial score (nSPS) is 10.2. The number of nitrogens with two attached hydrogens (primary N) is 1. The van der Waals surface area contributed by atoms with E-state index < -0.39 is 0 Å². The maximum absolute atomic E-state index is 5.85. The van der Waals surface area contributed by atoms with Crippen LogP contribution in [0.4, 0.5) is 11.4 Å². The van der Waals surface area contributed by atoms with Crippen LogP contribution in [-0.2, 0) is 0 Å². The Kier molecular flexibility index (Phi) is 4.96. The van der Waals surface area contributed by atoms with Crippen LogP contribution in [0.5, 0.6) is 5.75 Å². The lowest BCUT2D eigenvalue weighted by Crippen LogP contribution is -2.18. The number of hydrogen-bond acceptors (Lipinski definition) is 3. The van der Waals surface area contributed by atoms with Gasteiger partial charge in [-0.05, 0) is 19.4 Å². The number of hydrogen-bond donors (Lipinski definition) is 1. The zero-order chi connectivity index (χ0) is 12.0. The number of benzene rings is 1. The molecule has 0 aliphatic rings. The topological polar surface area (TPSA) is 38.5 Å². The van der Waals surface area contributed by atoms with E-state index in [0.717, 1.165) is 23.7 Å². The van der Waals surface area contributed by atoms with Gasteiger partial charge in [0.05, 0.1) is 6.61 Å². The van der Waals surface area contributed by atoms with Crippen LogP contribution in [0.2, 0.25) is 0 Å². The molecule has 0 saturated carbocycles. The van der Waals surface area contributed by atoms with E-state index in [0.29, 0.717) is 6.61 Å². The van der Waals surface area contributed by atoms with Crippen LogP contribution in [0.15, 0.2) is 18.2 Å². The summed E-state index contributed by atoms with van der Waals surface area (Å²) < 4.78 is 5.48. The van der Waals surface area contributed by atoms with Crippen molar-refractivity contribution in [3.63, 3.8) is 0 Å². The average Bonchev–Trinajstić information content (AvgIpc) is 2.25. The Bertz CT molecular complexity index is 326. The van der Waals surface area contributed by atoms with Crippen LogP contribution in [0.25, 0.3) is 0 Å². The Morgan fingerprint density at radius 1 is 1.25 bits per heavy atom. The highest BCUT2D eigenvalue weighted by atomic mass is 16.5. The van der Waals surface area contributed by atoms with E-state index in [4.69, 9.17) is 10.5 Å². The van der Waals surface area contributed by atoms with Crippen molar-refractivity contribution in [1.82, 2.24) is 0 Å². The molecule has 0 aromatic heterocycles. The highest BCUT2D eigenvalue weighted by Crippen LogP contribution is 2.25. The minimum atomic E-state index is 0.668. The fraction of sp³-hybridized carbons (Fsp3) is 0.538. The van der Waals surface area contributed by atoms with E-state index >= 15 is 0 Å². The van der Waals surface area contributed by atoms with Crippen molar-refractivity contribution in [3.05, 3.63) is 18.2 Å². The van der Waals surface area contributed by atoms with Crippen molar-refractivity contribution in [1.29, 1.82) is 0 Å². The van der Waals surface area contributed by atoms with Gasteiger partial charge in [0, 0.05) is 37.1 Å². The molecule has 0 bridgehead atoms. The molecule has 16 heavy (non-hydrogen) atoms. The lowest BCUT2D eigenvalue weighted by molar-refractivity contribution is 0.340. The Morgan fingerprint density at radius 2 is 2.00 bits per heavy atom. The lowest BCUT2D eigenvalue weighted by Gasteiger charge is -2.20. The number of nitrogen functional groups attached to an aromatic ring is 1. The highest BCUT2D eigenvalue weighted by Gasteiger charge is 2.04. The fourth-order valence-corrected chi connectivity index (χ4v) is 1.60. The van der Waals surface area contributed by atoms with Crippen molar-refractivity contribution in [2.75, 3.05) is 30.8 Å². The zero-order valence-electron chi connectivity index (χ0n) is 10.5. The summed E-state index contributed by atoms with van der Waals surface area (Å²) in [6, 6.07) is 5.88. The van der Waals surface area contributed by atoms with Gasteiger partial charge in [-0.2, -0.15) is 0 Å².